The van der Waals surface area contributed by atoms with Gasteiger partial charge in [0.05, 0.1) is 27.2 Å². The molecule has 1 aromatic carbocycles. The average molecular weight is 337 g/mol. The Morgan fingerprint density at radius 1 is 1.08 bits per heavy atom. The molecule has 2 unspecified atom stereocenters. The minimum absolute atomic E-state index is 0.130. The van der Waals surface area contributed by atoms with Crippen LogP contribution in [0.1, 0.15) is 23.7 Å². The summed E-state index contributed by atoms with van der Waals surface area (Å²) in [6.45, 7) is 2.68. The minimum Gasteiger partial charge on any atom is -0.493 e. The highest BCUT2D eigenvalue weighted by molar-refractivity contribution is 5.96. The lowest BCUT2D eigenvalue weighted by Gasteiger charge is -2.34. The van der Waals surface area contributed by atoms with Crippen LogP contribution in [-0.4, -0.2) is 56.3 Å². The van der Waals surface area contributed by atoms with Gasteiger partial charge in [0.1, 0.15) is 0 Å². The molecule has 0 radical (unpaired) electrons. The summed E-state index contributed by atoms with van der Waals surface area (Å²) in [6.07, 6.45) is 0.578. The zero-order valence-electron chi connectivity index (χ0n) is 14.4. The van der Waals surface area contributed by atoms with Gasteiger partial charge in [-0.3, -0.25) is 9.59 Å². The molecular formula is C17H23NO6. The Morgan fingerprint density at radius 2 is 1.67 bits per heavy atom. The van der Waals surface area contributed by atoms with Gasteiger partial charge in [0, 0.05) is 18.7 Å². The molecule has 1 heterocycles. The standard InChI is InChI=1S/C17H23NO6/c1-10-5-12(17(20)21)9-18(8-10)16(19)11-6-13(22-2)15(24-4)14(7-11)23-3/h6-7,10,12H,5,8-9H2,1-4H3,(H,20,21). The number of carbonyl (C=O) groups excluding carboxylic acids is 1. The normalized spacial score (nSPS) is 20.4. The molecule has 1 fully saturated rings. The molecule has 1 N–H and O–H groups in total. The van der Waals surface area contributed by atoms with Gasteiger partial charge in [-0.05, 0) is 24.5 Å². The van der Waals surface area contributed by atoms with Crippen molar-refractivity contribution >= 4 is 11.9 Å². The number of likely N-dealkylation sites (tertiary alicyclic amines) is 1. The van der Waals surface area contributed by atoms with Crippen LogP contribution >= 0.6 is 0 Å². The van der Waals surface area contributed by atoms with Crippen LogP contribution in [-0.2, 0) is 4.79 Å². The van der Waals surface area contributed by atoms with Crippen molar-refractivity contribution in [3.8, 4) is 17.2 Å². The number of ether oxygens (including phenoxy) is 3. The van der Waals surface area contributed by atoms with Crippen LogP contribution in [0.4, 0.5) is 0 Å². The van der Waals surface area contributed by atoms with Crippen LogP contribution in [0, 0.1) is 11.8 Å². The molecule has 1 aromatic rings. The second kappa shape index (κ2) is 7.42. The number of rotatable bonds is 5. The van der Waals surface area contributed by atoms with Gasteiger partial charge in [0.2, 0.25) is 5.75 Å². The lowest BCUT2D eigenvalue weighted by molar-refractivity contribution is -0.143. The molecule has 7 nitrogen and oxygen atoms in total. The van der Waals surface area contributed by atoms with Crippen molar-refractivity contribution in [3.63, 3.8) is 0 Å². The third-order valence-electron chi connectivity index (χ3n) is 4.21. The highest BCUT2D eigenvalue weighted by atomic mass is 16.5. The molecule has 0 spiro atoms. The van der Waals surface area contributed by atoms with Gasteiger partial charge in [0.15, 0.2) is 11.5 Å². The molecule has 2 atom stereocenters. The van der Waals surface area contributed by atoms with Crippen molar-refractivity contribution < 1.29 is 28.9 Å². The number of amides is 1. The van der Waals surface area contributed by atoms with Crippen molar-refractivity contribution in [3.05, 3.63) is 17.7 Å². The predicted octanol–water partition coefficient (Wildman–Crippen LogP) is 1.90. The van der Waals surface area contributed by atoms with E-state index in [2.05, 4.69) is 0 Å². The molecule has 0 saturated carbocycles. The number of nitrogens with zero attached hydrogens (tertiary/aromatic N) is 1. The lowest BCUT2D eigenvalue weighted by Crippen LogP contribution is -2.45. The average Bonchev–Trinajstić information content (AvgIpc) is 2.58. The molecule has 0 aliphatic carbocycles. The summed E-state index contributed by atoms with van der Waals surface area (Å²) in [4.78, 5) is 25.7. The second-order valence-electron chi connectivity index (χ2n) is 6.00. The number of piperidine rings is 1. The Balaban J connectivity index is 2.33. The fourth-order valence-electron chi connectivity index (χ4n) is 3.08. The van der Waals surface area contributed by atoms with E-state index in [1.54, 1.807) is 17.0 Å². The SMILES string of the molecule is COc1cc(C(=O)N2CC(C)CC(C(=O)O)C2)cc(OC)c1OC. The van der Waals surface area contributed by atoms with Crippen molar-refractivity contribution in [2.24, 2.45) is 11.8 Å². The van der Waals surface area contributed by atoms with E-state index in [1.165, 1.54) is 21.3 Å². The summed E-state index contributed by atoms with van der Waals surface area (Å²) >= 11 is 0. The molecule has 0 bridgehead atoms. The van der Waals surface area contributed by atoms with Gasteiger partial charge in [-0.25, -0.2) is 0 Å². The van der Waals surface area contributed by atoms with Gasteiger partial charge in [-0.1, -0.05) is 6.92 Å². The van der Waals surface area contributed by atoms with Crippen LogP contribution in [0.2, 0.25) is 0 Å². The highest BCUT2D eigenvalue weighted by Gasteiger charge is 2.33. The number of benzene rings is 1. The van der Waals surface area contributed by atoms with Gasteiger partial charge in [-0.2, -0.15) is 0 Å². The summed E-state index contributed by atoms with van der Waals surface area (Å²) in [5.74, 6) is -0.339. The molecule has 0 aromatic heterocycles. The fraction of sp³-hybridized carbons (Fsp3) is 0.529. The molecule has 7 heteroatoms. The van der Waals surface area contributed by atoms with Crippen molar-refractivity contribution in [1.29, 1.82) is 0 Å². The number of hydrogen-bond acceptors (Lipinski definition) is 5. The van der Waals surface area contributed by atoms with E-state index in [0.29, 0.717) is 35.8 Å². The first kappa shape index (κ1) is 17.9. The van der Waals surface area contributed by atoms with E-state index in [-0.39, 0.29) is 18.4 Å². The Kier molecular flexibility index (Phi) is 5.54. The largest absolute Gasteiger partial charge is 0.493 e. The van der Waals surface area contributed by atoms with Gasteiger partial charge in [-0.15, -0.1) is 0 Å². The second-order valence-corrected chi connectivity index (χ2v) is 6.00. The van der Waals surface area contributed by atoms with E-state index in [1.807, 2.05) is 6.92 Å². The van der Waals surface area contributed by atoms with E-state index in [0.717, 1.165) is 0 Å². The summed E-state index contributed by atoms with van der Waals surface area (Å²) < 4.78 is 15.8. The molecule has 2 rings (SSSR count). The quantitative estimate of drug-likeness (QED) is 0.883. The first-order valence-corrected chi connectivity index (χ1v) is 7.73. The fourth-order valence-corrected chi connectivity index (χ4v) is 3.08. The van der Waals surface area contributed by atoms with Gasteiger partial charge >= 0.3 is 5.97 Å². The van der Waals surface area contributed by atoms with E-state index in [9.17, 15) is 14.7 Å². The van der Waals surface area contributed by atoms with Crippen molar-refractivity contribution in [2.45, 2.75) is 13.3 Å². The molecule has 1 amide bonds. The molecule has 24 heavy (non-hydrogen) atoms. The third-order valence-corrected chi connectivity index (χ3v) is 4.21. The maximum absolute atomic E-state index is 12.8. The van der Waals surface area contributed by atoms with Crippen molar-refractivity contribution in [1.82, 2.24) is 4.90 Å². The third kappa shape index (κ3) is 3.55. The number of aliphatic carboxylic acids is 1. The topological polar surface area (TPSA) is 85.3 Å². The maximum Gasteiger partial charge on any atom is 0.308 e. The minimum atomic E-state index is -0.871. The van der Waals surface area contributed by atoms with E-state index in [4.69, 9.17) is 14.2 Å². The van der Waals surface area contributed by atoms with Crippen LogP contribution in [0.3, 0.4) is 0 Å². The molecule has 132 valence electrons. The van der Waals surface area contributed by atoms with Crippen LogP contribution in [0.5, 0.6) is 17.2 Å². The zero-order valence-corrected chi connectivity index (χ0v) is 14.4. The number of methoxy groups -OCH3 is 3. The van der Waals surface area contributed by atoms with Crippen LogP contribution < -0.4 is 14.2 Å². The number of carbonyl (C=O) groups is 2. The monoisotopic (exact) mass is 337 g/mol. The number of carboxylic acid groups (broad SMARTS) is 1. The Labute approximate surface area is 141 Å². The Hall–Kier alpha value is -2.44. The molecule has 1 aliphatic heterocycles. The lowest BCUT2D eigenvalue weighted by atomic mass is 9.90. The summed E-state index contributed by atoms with van der Waals surface area (Å²) in [5.41, 5.74) is 0.378. The first-order valence-electron chi connectivity index (χ1n) is 7.73. The Morgan fingerprint density at radius 3 is 2.12 bits per heavy atom. The smallest absolute Gasteiger partial charge is 0.308 e. The Bertz CT molecular complexity index is 605. The van der Waals surface area contributed by atoms with Crippen molar-refractivity contribution in [2.75, 3.05) is 34.4 Å². The van der Waals surface area contributed by atoms with E-state index >= 15 is 0 Å². The highest BCUT2D eigenvalue weighted by Crippen LogP contribution is 2.38. The molecule has 1 aliphatic rings. The zero-order chi connectivity index (χ0) is 17.9. The number of carboxylic acids is 1. The number of hydrogen-bond donors (Lipinski definition) is 1. The van der Waals surface area contributed by atoms with Crippen LogP contribution in [0.25, 0.3) is 0 Å². The van der Waals surface area contributed by atoms with E-state index < -0.39 is 11.9 Å². The van der Waals surface area contributed by atoms with Crippen LogP contribution in [0.15, 0.2) is 12.1 Å². The first-order chi connectivity index (χ1) is 11.4. The van der Waals surface area contributed by atoms with Gasteiger partial charge < -0.3 is 24.2 Å². The molecular weight excluding hydrogens is 314 g/mol. The summed E-state index contributed by atoms with van der Waals surface area (Å²) in [6, 6.07) is 3.16. The molecule has 1 saturated heterocycles. The predicted molar refractivity (Wildman–Crippen MR) is 86.9 cm³/mol. The summed E-state index contributed by atoms with van der Waals surface area (Å²) in [5, 5.41) is 9.26. The van der Waals surface area contributed by atoms with Gasteiger partial charge in [0.25, 0.3) is 5.91 Å². The maximum atomic E-state index is 12.8. The summed E-state index contributed by atoms with van der Waals surface area (Å²) in [7, 11) is 4.45.